The second-order valence-electron chi connectivity index (χ2n) is 3.61. The molecular weight excluding hydrogens is 162 g/mol. The van der Waals surface area contributed by atoms with Gasteiger partial charge in [-0.3, -0.25) is 0 Å². The summed E-state index contributed by atoms with van der Waals surface area (Å²) in [5.74, 6) is 0.931. The summed E-state index contributed by atoms with van der Waals surface area (Å²) in [6, 6.07) is 6.83. The zero-order valence-electron chi connectivity index (χ0n) is 8.13. The van der Waals surface area contributed by atoms with Crippen molar-refractivity contribution < 1.29 is 4.74 Å². The van der Waals surface area contributed by atoms with Gasteiger partial charge in [0.25, 0.3) is 0 Å². The zero-order valence-corrected chi connectivity index (χ0v) is 8.13. The molecule has 0 bridgehead atoms. The van der Waals surface area contributed by atoms with Crippen LogP contribution in [0.15, 0.2) is 18.2 Å². The van der Waals surface area contributed by atoms with Crippen molar-refractivity contribution >= 4 is 5.69 Å². The Hall–Kier alpha value is -1.18. The highest BCUT2D eigenvalue weighted by Gasteiger charge is 2.13. The lowest BCUT2D eigenvalue weighted by atomic mass is 9.99. The number of anilines is 1. The van der Waals surface area contributed by atoms with Crippen molar-refractivity contribution in [2.45, 2.75) is 25.8 Å². The van der Waals surface area contributed by atoms with Crippen LogP contribution in [0, 0.1) is 0 Å². The molecule has 0 radical (unpaired) electrons. The maximum atomic E-state index is 5.18. The van der Waals surface area contributed by atoms with E-state index in [-0.39, 0.29) is 0 Å². The minimum Gasteiger partial charge on any atom is -0.497 e. The largest absolute Gasteiger partial charge is 0.497 e. The first-order chi connectivity index (χ1) is 6.29. The number of aryl methyl sites for hydroxylation is 1. The molecular formula is C11H15NO. The number of fused-ring (bicyclic) bond motifs is 1. The number of nitrogens with one attached hydrogen (secondary N) is 1. The van der Waals surface area contributed by atoms with Gasteiger partial charge in [-0.25, -0.2) is 0 Å². The average Bonchev–Trinajstić information content (AvgIpc) is 2.16. The fourth-order valence-electron chi connectivity index (χ4n) is 1.74. The van der Waals surface area contributed by atoms with E-state index in [2.05, 4.69) is 24.4 Å². The van der Waals surface area contributed by atoms with Crippen molar-refractivity contribution in [3.05, 3.63) is 23.8 Å². The van der Waals surface area contributed by atoms with Crippen LogP contribution in [0.1, 0.15) is 18.9 Å². The highest BCUT2D eigenvalue weighted by molar-refractivity contribution is 5.57. The molecule has 0 aromatic heterocycles. The lowest BCUT2D eigenvalue weighted by molar-refractivity contribution is 0.414. The number of rotatable bonds is 1. The van der Waals surface area contributed by atoms with E-state index in [1.54, 1.807) is 7.11 Å². The minimum absolute atomic E-state index is 0.583. The summed E-state index contributed by atoms with van der Waals surface area (Å²) in [4.78, 5) is 0. The third-order valence-corrected chi connectivity index (χ3v) is 2.57. The van der Waals surface area contributed by atoms with E-state index >= 15 is 0 Å². The van der Waals surface area contributed by atoms with Gasteiger partial charge in [0.2, 0.25) is 0 Å². The van der Waals surface area contributed by atoms with Crippen LogP contribution >= 0.6 is 0 Å². The van der Waals surface area contributed by atoms with E-state index in [0.717, 1.165) is 5.75 Å². The van der Waals surface area contributed by atoms with Gasteiger partial charge in [0.15, 0.2) is 0 Å². The fourth-order valence-corrected chi connectivity index (χ4v) is 1.74. The topological polar surface area (TPSA) is 21.3 Å². The summed E-state index contributed by atoms with van der Waals surface area (Å²) in [6.07, 6.45) is 2.40. The summed E-state index contributed by atoms with van der Waals surface area (Å²) >= 11 is 0. The predicted molar refractivity (Wildman–Crippen MR) is 54.4 cm³/mol. The molecule has 0 saturated heterocycles. The Kier molecular flexibility index (Phi) is 2.13. The van der Waals surface area contributed by atoms with Crippen molar-refractivity contribution in [1.82, 2.24) is 0 Å². The average molecular weight is 177 g/mol. The molecule has 1 atom stereocenters. The molecule has 1 unspecified atom stereocenters. The van der Waals surface area contributed by atoms with Crippen LogP contribution in [0.2, 0.25) is 0 Å². The Bertz CT molecular complexity index is 309. The number of ether oxygens (including phenoxy) is 1. The minimum atomic E-state index is 0.583. The Morgan fingerprint density at radius 1 is 1.46 bits per heavy atom. The van der Waals surface area contributed by atoms with E-state index in [9.17, 15) is 0 Å². The normalized spacial score (nSPS) is 20.3. The highest BCUT2D eigenvalue weighted by atomic mass is 16.5. The van der Waals surface area contributed by atoms with Crippen LogP contribution in [0.5, 0.6) is 5.75 Å². The first-order valence-corrected chi connectivity index (χ1v) is 4.73. The predicted octanol–water partition coefficient (Wildman–Crippen LogP) is 2.44. The van der Waals surface area contributed by atoms with Gasteiger partial charge in [0, 0.05) is 17.8 Å². The van der Waals surface area contributed by atoms with Crippen LogP contribution in [0.4, 0.5) is 5.69 Å². The summed E-state index contributed by atoms with van der Waals surface area (Å²) in [6.45, 7) is 2.21. The number of benzene rings is 1. The molecule has 1 N–H and O–H groups in total. The zero-order chi connectivity index (χ0) is 9.26. The summed E-state index contributed by atoms with van der Waals surface area (Å²) in [5, 5.41) is 3.45. The van der Waals surface area contributed by atoms with Gasteiger partial charge in [-0.15, -0.1) is 0 Å². The van der Waals surface area contributed by atoms with Crippen LogP contribution in [0.3, 0.4) is 0 Å². The standard InChI is InChI=1S/C11H15NO/c1-8-3-4-9-5-6-10(13-2)7-11(9)12-8/h5-8,12H,3-4H2,1-2H3. The third kappa shape index (κ3) is 1.62. The number of hydrogen-bond donors (Lipinski definition) is 1. The maximum absolute atomic E-state index is 5.18. The fraction of sp³-hybridized carbons (Fsp3) is 0.455. The molecule has 2 nitrogen and oxygen atoms in total. The molecule has 0 fully saturated rings. The molecule has 0 aliphatic carbocycles. The Labute approximate surface area is 78.9 Å². The molecule has 0 amide bonds. The number of hydrogen-bond acceptors (Lipinski definition) is 2. The van der Waals surface area contributed by atoms with Crippen molar-refractivity contribution in [3.8, 4) is 5.75 Å². The molecule has 1 aliphatic rings. The van der Waals surface area contributed by atoms with Crippen molar-refractivity contribution in [3.63, 3.8) is 0 Å². The lowest BCUT2D eigenvalue weighted by Crippen LogP contribution is -2.21. The smallest absolute Gasteiger partial charge is 0.120 e. The molecule has 0 saturated carbocycles. The van der Waals surface area contributed by atoms with E-state index in [1.165, 1.54) is 24.1 Å². The molecule has 2 heteroatoms. The molecule has 13 heavy (non-hydrogen) atoms. The first-order valence-electron chi connectivity index (χ1n) is 4.73. The molecule has 2 rings (SSSR count). The van der Waals surface area contributed by atoms with Crippen molar-refractivity contribution in [2.24, 2.45) is 0 Å². The summed E-state index contributed by atoms with van der Waals surface area (Å²) in [7, 11) is 1.70. The van der Waals surface area contributed by atoms with E-state index in [4.69, 9.17) is 4.74 Å². The van der Waals surface area contributed by atoms with Crippen LogP contribution in [-0.2, 0) is 6.42 Å². The van der Waals surface area contributed by atoms with Gasteiger partial charge in [-0.05, 0) is 31.4 Å². The molecule has 70 valence electrons. The molecule has 1 aromatic rings. The van der Waals surface area contributed by atoms with Gasteiger partial charge < -0.3 is 10.1 Å². The second-order valence-corrected chi connectivity index (χ2v) is 3.61. The highest BCUT2D eigenvalue weighted by Crippen LogP contribution is 2.28. The lowest BCUT2D eigenvalue weighted by Gasteiger charge is -2.24. The van der Waals surface area contributed by atoms with Gasteiger partial charge in [0.1, 0.15) is 5.75 Å². The molecule has 0 spiro atoms. The van der Waals surface area contributed by atoms with Gasteiger partial charge >= 0.3 is 0 Å². The summed E-state index contributed by atoms with van der Waals surface area (Å²) < 4.78 is 5.18. The SMILES string of the molecule is COc1ccc2c(c1)NC(C)CC2. The van der Waals surface area contributed by atoms with Crippen molar-refractivity contribution in [1.29, 1.82) is 0 Å². The Morgan fingerprint density at radius 2 is 2.31 bits per heavy atom. The summed E-state index contributed by atoms with van der Waals surface area (Å²) in [5.41, 5.74) is 2.64. The monoisotopic (exact) mass is 177 g/mol. The molecule has 1 heterocycles. The second kappa shape index (κ2) is 3.29. The van der Waals surface area contributed by atoms with Crippen LogP contribution in [0.25, 0.3) is 0 Å². The van der Waals surface area contributed by atoms with Gasteiger partial charge in [0.05, 0.1) is 7.11 Å². The van der Waals surface area contributed by atoms with Crippen LogP contribution < -0.4 is 10.1 Å². The Balaban J connectivity index is 2.32. The van der Waals surface area contributed by atoms with Crippen LogP contribution in [-0.4, -0.2) is 13.2 Å². The number of methoxy groups -OCH3 is 1. The van der Waals surface area contributed by atoms with E-state index < -0.39 is 0 Å². The van der Waals surface area contributed by atoms with Gasteiger partial charge in [-0.1, -0.05) is 6.07 Å². The Morgan fingerprint density at radius 3 is 3.08 bits per heavy atom. The molecule has 1 aliphatic heterocycles. The van der Waals surface area contributed by atoms with E-state index in [0.29, 0.717) is 6.04 Å². The quantitative estimate of drug-likeness (QED) is 0.711. The van der Waals surface area contributed by atoms with Gasteiger partial charge in [-0.2, -0.15) is 0 Å². The van der Waals surface area contributed by atoms with Crippen molar-refractivity contribution in [2.75, 3.05) is 12.4 Å². The third-order valence-electron chi connectivity index (χ3n) is 2.57. The van der Waals surface area contributed by atoms with E-state index in [1.807, 2.05) is 6.07 Å². The first kappa shape index (κ1) is 8.42. The maximum Gasteiger partial charge on any atom is 0.120 e. The molecule has 1 aromatic carbocycles.